The molecule has 0 N–H and O–H groups in total. The minimum Gasteiger partial charge on any atom is -0.466 e. The SMILES string of the molecule is C=C(c1ccccc1)[C@H]1O[C@@H]1c1ccco1. The minimum atomic E-state index is 0.0442. The van der Waals surface area contributed by atoms with E-state index in [9.17, 15) is 0 Å². The Hall–Kier alpha value is -1.80. The number of rotatable bonds is 3. The maximum Gasteiger partial charge on any atom is 0.146 e. The quantitative estimate of drug-likeness (QED) is 0.728. The van der Waals surface area contributed by atoms with E-state index in [4.69, 9.17) is 9.15 Å². The number of hydrogen-bond acceptors (Lipinski definition) is 2. The van der Waals surface area contributed by atoms with Gasteiger partial charge >= 0.3 is 0 Å². The van der Waals surface area contributed by atoms with Crippen molar-refractivity contribution < 1.29 is 9.15 Å². The summed E-state index contributed by atoms with van der Waals surface area (Å²) in [6.45, 7) is 4.08. The lowest BCUT2D eigenvalue weighted by Crippen LogP contribution is -1.92. The number of hydrogen-bond donors (Lipinski definition) is 0. The molecular weight excluding hydrogens is 200 g/mol. The fourth-order valence-electron chi connectivity index (χ4n) is 1.86. The lowest BCUT2D eigenvalue weighted by Gasteiger charge is -2.00. The lowest BCUT2D eigenvalue weighted by atomic mass is 10.0. The van der Waals surface area contributed by atoms with Gasteiger partial charge in [0.05, 0.1) is 6.26 Å². The maximum atomic E-state index is 5.58. The van der Waals surface area contributed by atoms with Crippen LogP contribution < -0.4 is 0 Å². The van der Waals surface area contributed by atoms with Gasteiger partial charge in [0.15, 0.2) is 0 Å². The molecule has 0 radical (unpaired) electrons. The van der Waals surface area contributed by atoms with Crippen LogP contribution >= 0.6 is 0 Å². The summed E-state index contributed by atoms with van der Waals surface area (Å²) in [5, 5.41) is 0. The van der Waals surface area contributed by atoms with Gasteiger partial charge in [0.25, 0.3) is 0 Å². The van der Waals surface area contributed by atoms with E-state index in [-0.39, 0.29) is 12.2 Å². The van der Waals surface area contributed by atoms with Gasteiger partial charge in [-0.25, -0.2) is 0 Å². The highest BCUT2D eigenvalue weighted by molar-refractivity contribution is 5.69. The molecule has 1 aliphatic heterocycles. The molecule has 2 heterocycles. The molecule has 1 aromatic heterocycles. The first-order valence-corrected chi connectivity index (χ1v) is 5.29. The van der Waals surface area contributed by atoms with Gasteiger partial charge in [-0.2, -0.15) is 0 Å². The van der Waals surface area contributed by atoms with Gasteiger partial charge in [-0.05, 0) is 23.3 Å². The Morgan fingerprint density at radius 2 is 1.88 bits per heavy atom. The number of furan rings is 1. The predicted octanol–water partition coefficient (Wildman–Crippen LogP) is 3.43. The summed E-state index contributed by atoms with van der Waals surface area (Å²) in [7, 11) is 0. The van der Waals surface area contributed by atoms with Crippen molar-refractivity contribution in [3.8, 4) is 0 Å². The largest absolute Gasteiger partial charge is 0.466 e. The van der Waals surface area contributed by atoms with Gasteiger partial charge in [0.1, 0.15) is 18.0 Å². The normalized spacial score (nSPS) is 23.0. The molecule has 2 atom stereocenters. The maximum absolute atomic E-state index is 5.58. The van der Waals surface area contributed by atoms with Crippen LogP contribution in [0.1, 0.15) is 17.4 Å². The third kappa shape index (κ3) is 1.57. The van der Waals surface area contributed by atoms with Crippen LogP contribution in [-0.2, 0) is 4.74 Å². The molecule has 1 aromatic carbocycles. The van der Waals surface area contributed by atoms with Crippen molar-refractivity contribution in [3.05, 3.63) is 66.6 Å². The molecule has 1 aliphatic rings. The van der Waals surface area contributed by atoms with E-state index in [2.05, 4.69) is 6.58 Å². The zero-order valence-electron chi connectivity index (χ0n) is 8.80. The third-order valence-electron chi connectivity index (χ3n) is 2.80. The van der Waals surface area contributed by atoms with Crippen LogP contribution in [0.4, 0.5) is 0 Å². The molecular formula is C14H12O2. The number of ether oxygens (including phenoxy) is 1. The van der Waals surface area contributed by atoms with Crippen molar-refractivity contribution in [3.63, 3.8) is 0 Å². The molecule has 0 amide bonds. The van der Waals surface area contributed by atoms with Crippen LogP contribution in [0.25, 0.3) is 5.57 Å². The summed E-state index contributed by atoms with van der Waals surface area (Å²) in [4.78, 5) is 0. The standard InChI is InChI=1S/C14H12O2/c1-10(11-6-3-2-4-7-11)13-14(16-13)12-8-5-9-15-12/h2-9,13-14H,1H2/t13-,14-/m1/s1. The lowest BCUT2D eigenvalue weighted by molar-refractivity contribution is 0.361. The minimum absolute atomic E-state index is 0.0442. The number of epoxide rings is 1. The summed E-state index contributed by atoms with van der Waals surface area (Å²) in [5.41, 5.74) is 2.14. The molecule has 3 rings (SSSR count). The predicted molar refractivity (Wildman–Crippen MR) is 61.8 cm³/mol. The molecule has 0 bridgehead atoms. The summed E-state index contributed by atoms with van der Waals surface area (Å²) >= 11 is 0. The highest BCUT2D eigenvalue weighted by atomic mass is 16.6. The van der Waals surface area contributed by atoms with Crippen molar-refractivity contribution in [2.24, 2.45) is 0 Å². The smallest absolute Gasteiger partial charge is 0.146 e. The van der Waals surface area contributed by atoms with Crippen LogP contribution in [0.15, 0.2) is 59.7 Å². The van der Waals surface area contributed by atoms with Gasteiger partial charge in [0.2, 0.25) is 0 Å². The molecule has 2 heteroatoms. The second-order valence-electron chi connectivity index (χ2n) is 3.88. The van der Waals surface area contributed by atoms with Crippen LogP contribution in [0.5, 0.6) is 0 Å². The van der Waals surface area contributed by atoms with Gasteiger partial charge in [-0.15, -0.1) is 0 Å². The van der Waals surface area contributed by atoms with E-state index in [0.29, 0.717) is 0 Å². The first-order valence-electron chi connectivity index (χ1n) is 5.29. The van der Waals surface area contributed by atoms with Crippen LogP contribution in [0, 0.1) is 0 Å². The Kier molecular flexibility index (Phi) is 2.15. The van der Waals surface area contributed by atoms with E-state index >= 15 is 0 Å². The molecule has 0 unspecified atom stereocenters. The summed E-state index contributed by atoms with van der Waals surface area (Å²) in [5.74, 6) is 0.877. The second kappa shape index (κ2) is 3.65. The van der Waals surface area contributed by atoms with E-state index in [0.717, 1.165) is 16.9 Å². The first kappa shape index (κ1) is 9.43. The Bertz CT molecular complexity index is 485. The summed E-state index contributed by atoms with van der Waals surface area (Å²) < 4.78 is 10.9. The molecule has 0 aliphatic carbocycles. The summed E-state index contributed by atoms with van der Waals surface area (Å²) in [6, 6.07) is 13.9. The second-order valence-corrected chi connectivity index (χ2v) is 3.88. The van der Waals surface area contributed by atoms with E-state index in [1.54, 1.807) is 6.26 Å². The Balaban J connectivity index is 1.76. The Morgan fingerprint density at radius 3 is 2.56 bits per heavy atom. The highest BCUT2D eigenvalue weighted by Crippen LogP contribution is 2.45. The Morgan fingerprint density at radius 1 is 1.06 bits per heavy atom. The van der Waals surface area contributed by atoms with Crippen molar-refractivity contribution in [2.45, 2.75) is 12.2 Å². The number of benzene rings is 1. The van der Waals surface area contributed by atoms with Crippen molar-refractivity contribution in [1.29, 1.82) is 0 Å². The molecule has 1 fully saturated rings. The van der Waals surface area contributed by atoms with Crippen LogP contribution in [0.2, 0.25) is 0 Å². The van der Waals surface area contributed by atoms with Gasteiger partial charge < -0.3 is 9.15 Å². The average molecular weight is 212 g/mol. The van der Waals surface area contributed by atoms with E-state index < -0.39 is 0 Å². The summed E-state index contributed by atoms with van der Waals surface area (Å²) in [6.07, 6.45) is 1.77. The van der Waals surface area contributed by atoms with Crippen molar-refractivity contribution in [2.75, 3.05) is 0 Å². The molecule has 2 aromatic rings. The average Bonchev–Trinajstić information content (AvgIpc) is 2.95. The third-order valence-corrected chi connectivity index (χ3v) is 2.80. The zero-order valence-corrected chi connectivity index (χ0v) is 8.80. The first-order chi connectivity index (χ1) is 7.86. The van der Waals surface area contributed by atoms with Crippen LogP contribution in [-0.4, -0.2) is 6.10 Å². The zero-order chi connectivity index (χ0) is 11.0. The fraction of sp³-hybridized carbons (Fsp3) is 0.143. The molecule has 0 saturated carbocycles. The van der Waals surface area contributed by atoms with E-state index in [1.807, 2.05) is 42.5 Å². The van der Waals surface area contributed by atoms with Crippen LogP contribution in [0.3, 0.4) is 0 Å². The molecule has 2 nitrogen and oxygen atoms in total. The molecule has 80 valence electrons. The van der Waals surface area contributed by atoms with Gasteiger partial charge in [-0.3, -0.25) is 0 Å². The highest BCUT2D eigenvalue weighted by Gasteiger charge is 2.44. The van der Waals surface area contributed by atoms with Gasteiger partial charge in [0, 0.05) is 0 Å². The van der Waals surface area contributed by atoms with Crippen molar-refractivity contribution in [1.82, 2.24) is 0 Å². The molecule has 0 spiro atoms. The Labute approximate surface area is 94.2 Å². The molecule has 1 saturated heterocycles. The monoisotopic (exact) mass is 212 g/mol. The fourth-order valence-corrected chi connectivity index (χ4v) is 1.86. The topological polar surface area (TPSA) is 25.7 Å². The molecule has 16 heavy (non-hydrogen) atoms. The van der Waals surface area contributed by atoms with Gasteiger partial charge in [-0.1, -0.05) is 36.9 Å². The van der Waals surface area contributed by atoms with Crippen molar-refractivity contribution >= 4 is 5.57 Å². The van der Waals surface area contributed by atoms with E-state index in [1.165, 1.54) is 0 Å².